The fourth-order valence-corrected chi connectivity index (χ4v) is 0.875. The van der Waals surface area contributed by atoms with Crippen molar-refractivity contribution in [3.05, 3.63) is 29.6 Å². The summed E-state index contributed by atoms with van der Waals surface area (Å²) in [5.74, 6) is -0.250. The van der Waals surface area contributed by atoms with Crippen LogP contribution in [0.1, 0.15) is 23.1 Å². The molecule has 0 aliphatic carbocycles. The fraction of sp³-hybridized carbons (Fsp3) is 0.222. The maximum absolute atomic E-state index is 11.2. The Bertz CT molecular complexity index is 354. The van der Waals surface area contributed by atoms with Gasteiger partial charge in [-0.25, -0.2) is 4.98 Å². The van der Waals surface area contributed by atoms with Gasteiger partial charge in [0, 0.05) is 6.54 Å². The lowest BCUT2D eigenvalue weighted by Gasteiger charge is -2.00. The Labute approximate surface area is 76.2 Å². The molecular formula is C9H9N3O. The van der Waals surface area contributed by atoms with Crippen molar-refractivity contribution in [3.63, 3.8) is 0 Å². The van der Waals surface area contributed by atoms with Crippen molar-refractivity contribution >= 4 is 5.91 Å². The minimum atomic E-state index is -0.250. The molecule has 0 radical (unpaired) electrons. The Morgan fingerprint density at radius 2 is 2.46 bits per heavy atom. The molecule has 0 spiro atoms. The zero-order chi connectivity index (χ0) is 9.68. The molecule has 66 valence electrons. The number of rotatable bonds is 2. The second kappa shape index (κ2) is 4.21. The van der Waals surface area contributed by atoms with E-state index in [4.69, 9.17) is 5.26 Å². The van der Waals surface area contributed by atoms with Crippen molar-refractivity contribution in [2.75, 3.05) is 6.54 Å². The molecule has 4 nitrogen and oxygen atoms in total. The van der Waals surface area contributed by atoms with Gasteiger partial charge in [-0.3, -0.25) is 4.79 Å². The number of nitrogens with one attached hydrogen (secondary N) is 1. The smallest absolute Gasteiger partial charge is 0.269 e. The Kier molecular flexibility index (Phi) is 2.98. The van der Waals surface area contributed by atoms with E-state index < -0.39 is 0 Å². The highest BCUT2D eigenvalue weighted by Crippen LogP contribution is 1.97. The third-order valence-corrected chi connectivity index (χ3v) is 1.43. The molecule has 1 heterocycles. The summed E-state index contributed by atoms with van der Waals surface area (Å²) < 4.78 is 0. The van der Waals surface area contributed by atoms with Gasteiger partial charge in [0.2, 0.25) is 0 Å². The van der Waals surface area contributed by atoms with Gasteiger partial charge < -0.3 is 5.32 Å². The van der Waals surface area contributed by atoms with Crippen LogP contribution in [0.2, 0.25) is 0 Å². The number of hydrogen-bond donors (Lipinski definition) is 1. The molecule has 0 bridgehead atoms. The van der Waals surface area contributed by atoms with Crippen LogP contribution in [0.15, 0.2) is 18.2 Å². The van der Waals surface area contributed by atoms with Crippen molar-refractivity contribution in [2.24, 2.45) is 0 Å². The van der Waals surface area contributed by atoms with Gasteiger partial charge in [0.15, 0.2) is 0 Å². The van der Waals surface area contributed by atoms with E-state index in [1.54, 1.807) is 18.2 Å². The Morgan fingerprint density at radius 1 is 1.69 bits per heavy atom. The molecule has 0 atom stereocenters. The SMILES string of the molecule is CCNC(=O)c1cccc(C#N)n1. The van der Waals surface area contributed by atoms with E-state index in [1.807, 2.05) is 13.0 Å². The Hall–Kier alpha value is -1.89. The molecule has 0 unspecified atom stereocenters. The van der Waals surface area contributed by atoms with Crippen molar-refractivity contribution in [2.45, 2.75) is 6.92 Å². The average molecular weight is 175 g/mol. The van der Waals surface area contributed by atoms with Gasteiger partial charge in [0.05, 0.1) is 0 Å². The highest BCUT2D eigenvalue weighted by Gasteiger charge is 2.05. The van der Waals surface area contributed by atoms with Gasteiger partial charge in [0.25, 0.3) is 5.91 Å². The van der Waals surface area contributed by atoms with E-state index >= 15 is 0 Å². The Morgan fingerprint density at radius 3 is 3.08 bits per heavy atom. The molecule has 4 heteroatoms. The second-order valence-corrected chi connectivity index (χ2v) is 2.38. The number of carbonyl (C=O) groups excluding carboxylic acids is 1. The lowest BCUT2D eigenvalue weighted by atomic mass is 10.3. The van der Waals surface area contributed by atoms with Gasteiger partial charge in [-0.05, 0) is 19.1 Å². The molecule has 1 amide bonds. The van der Waals surface area contributed by atoms with Crippen LogP contribution in [-0.4, -0.2) is 17.4 Å². The Balaban J connectivity index is 2.90. The van der Waals surface area contributed by atoms with Crippen molar-refractivity contribution in [1.82, 2.24) is 10.3 Å². The summed E-state index contributed by atoms with van der Waals surface area (Å²) in [6, 6.07) is 6.64. The normalized spacial score (nSPS) is 8.92. The van der Waals surface area contributed by atoms with Gasteiger partial charge >= 0.3 is 0 Å². The van der Waals surface area contributed by atoms with Crippen molar-refractivity contribution in [3.8, 4) is 6.07 Å². The summed E-state index contributed by atoms with van der Waals surface area (Å²) in [6.45, 7) is 2.38. The predicted octanol–water partition coefficient (Wildman–Crippen LogP) is 0.703. The summed E-state index contributed by atoms with van der Waals surface area (Å²) in [4.78, 5) is 15.1. The summed E-state index contributed by atoms with van der Waals surface area (Å²) in [5, 5.41) is 11.1. The van der Waals surface area contributed by atoms with Crippen LogP contribution in [0.25, 0.3) is 0 Å². The number of amides is 1. The van der Waals surface area contributed by atoms with Crippen LogP contribution in [0, 0.1) is 11.3 Å². The standard InChI is InChI=1S/C9H9N3O/c1-2-11-9(13)8-5-3-4-7(6-10)12-8/h3-5H,2H2,1H3,(H,11,13). The van der Waals surface area contributed by atoms with Gasteiger partial charge in [0.1, 0.15) is 17.5 Å². The van der Waals surface area contributed by atoms with Gasteiger partial charge in [-0.15, -0.1) is 0 Å². The lowest BCUT2D eigenvalue weighted by Crippen LogP contribution is -2.23. The molecule has 0 aliphatic rings. The number of nitrogens with zero attached hydrogens (tertiary/aromatic N) is 2. The molecule has 0 saturated carbocycles. The van der Waals surface area contributed by atoms with Crippen molar-refractivity contribution in [1.29, 1.82) is 5.26 Å². The number of hydrogen-bond acceptors (Lipinski definition) is 3. The first-order chi connectivity index (χ1) is 6.27. The summed E-state index contributed by atoms with van der Waals surface area (Å²) in [5.41, 5.74) is 0.532. The average Bonchev–Trinajstić information content (AvgIpc) is 2.18. The third kappa shape index (κ3) is 2.27. The van der Waals surface area contributed by atoms with E-state index in [-0.39, 0.29) is 17.3 Å². The number of pyridine rings is 1. The first-order valence-corrected chi connectivity index (χ1v) is 3.93. The van der Waals surface area contributed by atoms with Crippen LogP contribution < -0.4 is 5.32 Å². The van der Waals surface area contributed by atoms with Gasteiger partial charge in [-0.1, -0.05) is 6.07 Å². The van der Waals surface area contributed by atoms with Crippen LogP contribution in [-0.2, 0) is 0 Å². The zero-order valence-electron chi connectivity index (χ0n) is 7.24. The maximum Gasteiger partial charge on any atom is 0.269 e. The molecule has 0 fully saturated rings. The van der Waals surface area contributed by atoms with E-state index in [9.17, 15) is 4.79 Å². The van der Waals surface area contributed by atoms with Crippen LogP contribution in [0.4, 0.5) is 0 Å². The molecule has 1 N–H and O–H groups in total. The molecule has 1 aromatic rings. The molecule has 1 rings (SSSR count). The minimum Gasteiger partial charge on any atom is -0.351 e. The zero-order valence-corrected chi connectivity index (χ0v) is 7.24. The fourth-order valence-electron chi connectivity index (χ4n) is 0.875. The maximum atomic E-state index is 11.2. The number of aromatic nitrogens is 1. The monoisotopic (exact) mass is 175 g/mol. The molecule has 0 aromatic carbocycles. The molecular weight excluding hydrogens is 166 g/mol. The van der Waals surface area contributed by atoms with Crippen LogP contribution in [0.3, 0.4) is 0 Å². The first kappa shape index (κ1) is 9.20. The van der Waals surface area contributed by atoms with Gasteiger partial charge in [-0.2, -0.15) is 5.26 Å². The number of carbonyl (C=O) groups is 1. The number of nitriles is 1. The third-order valence-electron chi connectivity index (χ3n) is 1.43. The highest BCUT2D eigenvalue weighted by molar-refractivity contribution is 5.92. The lowest BCUT2D eigenvalue weighted by molar-refractivity contribution is 0.0951. The van der Waals surface area contributed by atoms with E-state index in [1.165, 1.54) is 0 Å². The van der Waals surface area contributed by atoms with Crippen molar-refractivity contribution < 1.29 is 4.79 Å². The predicted molar refractivity (Wildman–Crippen MR) is 47.0 cm³/mol. The largest absolute Gasteiger partial charge is 0.351 e. The molecule has 13 heavy (non-hydrogen) atoms. The molecule has 0 aliphatic heterocycles. The van der Waals surface area contributed by atoms with Crippen LogP contribution in [0.5, 0.6) is 0 Å². The summed E-state index contributed by atoms with van der Waals surface area (Å²) in [7, 11) is 0. The summed E-state index contributed by atoms with van der Waals surface area (Å²) in [6.07, 6.45) is 0. The highest BCUT2D eigenvalue weighted by atomic mass is 16.1. The van der Waals surface area contributed by atoms with Crippen LogP contribution >= 0.6 is 0 Å². The first-order valence-electron chi connectivity index (χ1n) is 3.93. The molecule has 1 aromatic heterocycles. The quantitative estimate of drug-likeness (QED) is 0.719. The van der Waals surface area contributed by atoms with E-state index in [0.29, 0.717) is 6.54 Å². The van der Waals surface area contributed by atoms with E-state index in [0.717, 1.165) is 0 Å². The van der Waals surface area contributed by atoms with E-state index in [2.05, 4.69) is 10.3 Å². The second-order valence-electron chi connectivity index (χ2n) is 2.38. The topological polar surface area (TPSA) is 65.8 Å². The molecule has 0 saturated heterocycles. The summed E-state index contributed by atoms with van der Waals surface area (Å²) >= 11 is 0. The minimum absolute atomic E-state index is 0.250.